The predicted octanol–water partition coefficient (Wildman–Crippen LogP) is 4.01. The summed E-state index contributed by atoms with van der Waals surface area (Å²) < 4.78 is 6.66. The number of nitrogens with zero attached hydrogens (tertiary/aromatic N) is 3. The van der Waals surface area contributed by atoms with Crippen LogP contribution in [0.2, 0.25) is 0 Å². The Hall–Kier alpha value is -3.74. The third-order valence-corrected chi connectivity index (χ3v) is 5.23. The Balaban J connectivity index is 1.52. The van der Waals surface area contributed by atoms with Crippen LogP contribution in [0.5, 0.6) is 0 Å². The summed E-state index contributed by atoms with van der Waals surface area (Å²) in [5.41, 5.74) is 5.54. The predicted molar refractivity (Wildman–Crippen MR) is 115 cm³/mol. The standard InChI is InChI=1S/C23H22N4O3/c1-14-7-9-17(10-8-14)20-21-22(30-26-20)23(29)27(13-24-21)12-11-19(28)25-18-6-4-5-15(2)16(18)3/h4-10,13H,11-12H2,1-3H3,(H,25,28). The van der Waals surface area contributed by atoms with Gasteiger partial charge >= 0.3 is 0 Å². The van der Waals surface area contributed by atoms with E-state index in [9.17, 15) is 9.59 Å². The zero-order valence-corrected chi connectivity index (χ0v) is 17.1. The zero-order chi connectivity index (χ0) is 21.3. The maximum Gasteiger partial charge on any atom is 0.299 e. The molecule has 0 saturated carbocycles. The summed E-state index contributed by atoms with van der Waals surface area (Å²) in [7, 11) is 0. The fraction of sp³-hybridized carbons (Fsp3) is 0.217. The lowest BCUT2D eigenvalue weighted by Gasteiger charge is -2.10. The Morgan fingerprint density at radius 3 is 2.63 bits per heavy atom. The summed E-state index contributed by atoms with van der Waals surface area (Å²) in [5, 5.41) is 6.93. The summed E-state index contributed by atoms with van der Waals surface area (Å²) in [4.78, 5) is 29.5. The quantitative estimate of drug-likeness (QED) is 0.545. The van der Waals surface area contributed by atoms with Gasteiger partial charge in [0.1, 0.15) is 11.2 Å². The van der Waals surface area contributed by atoms with E-state index in [4.69, 9.17) is 4.52 Å². The van der Waals surface area contributed by atoms with Crippen molar-refractivity contribution < 1.29 is 9.32 Å². The molecular weight excluding hydrogens is 380 g/mol. The van der Waals surface area contributed by atoms with Crippen LogP contribution in [0.3, 0.4) is 0 Å². The first-order chi connectivity index (χ1) is 14.4. The van der Waals surface area contributed by atoms with Crippen LogP contribution in [0.15, 0.2) is 58.1 Å². The minimum absolute atomic E-state index is 0.0861. The number of hydrogen-bond donors (Lipinski definition) is 1. The van der Waals surface area contributed by atoms with Gasteiger partial charge in [0.2, 0.25) is 5.91 Å². The van der Waals surface area contributed by atoms with Gasteiger partial charge in [-0.05, 0) is 38.0 Å². The molecule has 30 heavy (non-hydrogen) atoms. The van der Waals surface area contributed by atoms with E-state index in [1.807, 2.05) is 63.2 Å². The number of rotatable bonds is 5. The molecule has 0 atom stereocenters. The first-order valence-electron chi connectivity index (χ1n) is 9.72. The molecule has 0 unspecified atom stereocenters. The summed E-state index contributed by atoms with van der Waals surface area (Å²) in [5.74, 6) is -0.173. The van der Waals surface area contributed by atoms with E-state index in [2.05, 4.69) is 15.5 Å². The van der Waals surface area contributed by atoms with Crippen LogP contribution >= 0.6 is 0 Å². The van der Waals surface area contributed by atoms with Crippen molar-refractivity contribution in [2.24, 2.45) is 0 Å². The molecule has 0 saturated heterocycles. The summed E-state index contributed by atoms with van der Waals surface area (Å²) in [6.07, 6.45) is 1.57. The molecule has 1 N–H and O–H groups in total. The highest BCUT2D eigenvalue weighted by Crippen LogP contribution is 2.24. The Bertz CT molecular complexity index is 1290. The minimum atomic E-state index is -0.356. The number of benzene rings is 2. The molecule has 7 heteroatoms. The van der Waals surface area contributed by atoms with Gasteiger partial charge < -0.3 is 9.84 Å². The largest absolute Gasteiger partial charge is 0.348 e. The number of hydrogen-bond acceptors (Lipinski definition) is 5. The van der Waals surface area contributed by atoms with Gasteiger partial charge in [0.05, 0.1) is 6.33 Å². The van der Waals surface area contributed by atoms with Crippen molar-refractivity contribution in [3.8, 4) is 11.3 Å². The van der Waals surface area contributed by atoms with E-state index in [0.29, 0.717) is 11.2 Å². The van der Waals surface area contributed by atoms with E-state index in [0.717, 1.165) is 27.9 Å². The third-order valence-electron chi connectivity index (χ3n) is 5.23. The molecule has 0 aliphatic rings. The van der Waals surface area contributed by atoms with Gasteiger partial charge in [-0.15, -0.1) is 0 Å². The molecule has 0 bridgehead atoms. The number of aryl methyl sites for hydroxylation is 3. The van der Waals surface area contributed by atoms with Crippen LogP contribution in [0.25, 0.3) is 22.4 Å². The maximum absolute atomic E-state index is 12.8. The number of amides is 1. The molecule has 0 radical (unpaired) electrons. The molecule has 0 aliphatic carbocycles. The molecule has 0 fully saturated rings. The van der Waals surface area contributed by atoms with Crippen LogP contribution in [-0.2, 0) is 11.3 Å². The van der Waals surface area contributed by atoms with E-state index in [-0.39, 0.29) is 30.0 Å². The van der Waals surface area contributed by atoms with Crippen molar-refractivity contribution in [2.45, 2.75) is 33.7 Å². The van der Waals surface area contributed by atoms with Crippen LogP contribution < -0.4 is 10.9 Å². The molecule has 4 aromatic rings. The lowest BCUT2D eigenvalue weighted by molar-refractivity contribution is -0.116. The molecule has 2 aromatic heterocycles. The molecule has 0 spiro atoms. The van der Waals surface area contributed by atoms with Crippen molar-refractivity contribution in [1.29, 1.82) is 0 Å². The number of aromatic nitrogens is 3. The van der Waals surface area contributed by atoms with Crippen LogP contribution in [0.4, 0.5) is 5.69 Å². The topological polar surface area (TPSA) is 90.0 Å². The SMILES string of the molecule is Cc1ccc(-c2noc3c(=O)n(CCC(=O)Nc4cccc(C)c4C)cnc23)cc1. The number of nitrogens with one attached hydrogen (secondary N) is 1. The second-order valence-electron chi connectivity index (χ2n) is 7.36. The van der Waals surface area contributed by atoms with Crippen LogP contribution in [0.1, 0.15) is 23.1 Å². The van der Waals surface area contributed by atoms with Crippen LogP contribution in [0, 0.1) is 20.8 Å². The maximum atomic E-state index is 12.8. The van der Waals surface area contributed by atoms with E-state index >= 15 is 0 Å². The molecule has 1 amide bonds. The monoisotopic (exact) mass is 402 g/mol. The summed E-state index contributed by atoms with van der Waals surface area (Å²) in [6, 6.07) is 13.5. The minimum Gasteiger partial charge on any atom is -0.348 e. The van der Waals surface area contributed by atoms with Gasteiger partial charge in [0.15, 0.2) is 0 Å². The first kappa shape index (κ1) is 19.6. The molecule has 4 rings (SSSR count). The molecule has 7 nitrogen and oxygen atoms in total. The number of fused-ring (bicyclic) bond motifs is 1. The van der Waals surface area contributed by atoms with Gasteiger partial charge in [-0.1, -0.05) is 47.1 Å². The van der Waals surface area contributed by atoms with E-state index in [1.165, 1.54) is 10.9 Å². The van der Waals surface area contributed by atoms with Crippen molar-refractivity contribution in [3.05, 3.63) is 75.8 Å². The number of anilines is 1. The van der Waals surface area contributed by atoms with Gasteiger partial charge in [-0.3, -0.25) is 14.2 Å². The molecule has 152 valence electrons. The summed E-state index contributed by atoms with van der Waals surface area (Å²) >= 11 is 0. The van der Waals surface area contributed by atoms with Crippen molar-refractivity contribution in [3.63, 3.8) is 0 Å². The average molecular weight is 402 g/mol. The smallest absolute Gasteiger partial charge is 0.299 e. The fourth-order valence-electron chi connectivity index (χ4n) is 3.24. The first-order valence-corrected chi connectivity index (χ1v) is 9.72. The average Bonchev–Trinajstić information content (AvgIpc) is 3.16. The van der Waals surface area contributed by atoms with E-state index < -0.39 is 0 Å². The highest BCUT2D eigenvalue weighted by molar-refractivity contribution is 5.91. The zero-order valence-electron chi connectivity index (χ0n) is 17.1. The van der Waals surface area contributed by atoms with Crippen molar-refractivity contribution >= 4 is 22.7 Å². The normalized spacial score (nSPS) is 11.0. The van der Waals surface area contributed by atoms with E-state index in [1.54, 1.807) is 0 Å². The highest BCUT2D eigenvalue weighted by atomic mass is 16.5. The molecule has 0 aliphatic heterocycles. The lowest BCUT2D eigenvalue weighted by atomic mass is 10.1. The van der Waals surface area contributed by atoms with Crippen molar-refractivity contribution in [1.82, 2.24) is 14.7 Å². The van der Waals surface area contributed by atoms with Crippen LogP contribution in [-0.4, -0.2) is 20.6 Å². The molecular formula is C23H22N4O3. The Labute approximate surface area is 173 Å². The Morgan fingerprint density at radius 1 is 1.10 bits per heavy atom. The Morgan fingerprint density at radius 2 is 1.87 bits per heavy atom. The second kappa shape index (κ2) is 7.94. The number of carbonyl (C=O) groups is 1. The molecule has 2 aromatic carbocycles. The van der Waals surface area contributed by atoms with Gasteiger partial charge in [-0.2, -0.15) is 0 Å². The third kappa shape index (κ3) is 3.74. The Kier molecular flexibility index (Phi) is 5.18. The number of carbonyl (C=O) groups excluding carboxylic acids is 1. The highest BCUT2D eigenvalue weighted by Gasteiger charge is 2.17. The van der Waals surface area contributed by atoms with Gasteiger partial charge in [-0.25, -0.2) is 4.98 Å². The van der Waals surface area contributed by atoms with Gasteiger partial charge in [0.25, 0.3) is 11.1 Å². The van der Waals surface area contributed by atoms with Gasteiger partial charge in [0, 0.05) is 24.2 Å². The lowest BCUT2D eigenvalue weighted by Crippen LogP contribution is -2.23. The molecule has 2 heterocycles. The summed E-state index contributed by atoms with van der Waals surface area (Å²) in [6.45, 7) is 6.15. The van der Waals surface area contributed by atoms with Crippen molar-refractivity contribution in [2.75, 3.05) is 5.32 Å². The second-order valence-corrected chi connectivity index (χ2v) is 7.36. The fourth-order valence-corrected chi connectivity index (χ4v) is 3.24.